The minimum Gasteiger partial charge on any atom is -0.444 e. The number of aliphatic imine (C=N–C) groups is 1. The van der Waals surface area contributed by atoms with E-state index in [0.717, 1.165) is 31.5 Å². The molecule has 1 heterocycles. The lowest BCUT2D eigenvalue weighted by Crippen LogP contribution is -2.57. The van der Waals surface area contributed by atoms with Gasteiger partial charge in [-0.25, -0.2) is 4.79 Å². The first-order valence-corrected chi connectivity index (χ1v) is 8.24. The lowest BCUT2D eigenvalue weighted by Gasteiger charge is -2.39. The lowest BCUT2D eigenvalue weighted by molar-refractivity contribution is 0.0273. The minimum atomic E-state index is -0.491. The van der Waals surface area contributed by atoms with Gasteiger partial charge in [0.05, 0.1) is 25.2 Å². The summed E-state index contributed by atoms with van der Waals surface area (Å²) in [6.07, 6.45) is 5.07. The van der Waals surface area contributed by atoms with E-state index in [-0.39, 0.29) is 18.2 Å². The molecule has 1 saturated carbocycles. The van der Waals surface area contributed by atoms with Crippen LogP contribution in [0.25, 0.3) is 0 Å². The van der Waals surface area contributed by atoms with Crippen LogP contribution in [0.4, 0.5) is 4.79 Å². The van der Waals surface area contributed by atoms with Crippen LogP contribution in [0.3, 0.4) is 0 Å². The van der Waals surface area contributed by atoms with Crippen molar-refractivity contribution in [2.24, 2.45) is 4.99 Å². The highest BCUT2D eigenvalue weighted by atomic mass is 16.6. The Balaban J connectivity index is 1.95. The summed E-state index contributed by atoms with van der Waals surface area (Å²) >= 11 is 0. The van der Waals surface area contributed by atoms with Gasteiger partial charge in [0, 0.05) is 6.54 Å². The average molecular weight is 311 g/mol. The number of ether oxygens (including phenoxy) is 1. The van der Waals surface area contributed by atoms with Gasteiger partial charge in [0.15, 0.2) is 0 Å². The minimum absolute atomic E-state index is 0.110. The van der Waals surface area contributed by atoms with E-state index in [0.29, 0.717) is 19.6 Å². The average Bonchev–Trinajstić information content (AvgIpc) is 2.47. The Hall–Kier alpha value is -1.30. The number of amides is 1. The number of aliphatic hydroxyl groups excluding tert-OH is 1. The van der Waals surface area contributed by atoms with E-state index in [1.807, 2.05) is 20.8 Å². The molecule has 0 aromatic heterocycles. The van der Waals surface area contributed by atoms with Gasteiger partial charge in [0.25, 0.3) is 0 Å². The van der Waals surface area contributed by atoms with E-state index in [2.05, 4.69) is 10.3 Å². The molecule has 0 atom stereocenters. The third kappa shape index (κ3) is 4.60. The van der Waals surface area contributed by atoms with Crippen molar-refractivity contribution in [2.75, 3.05) is 26.2 Å². The molecule has 0 aromatic carbocycles. The van der Waals surface area contributed by atoms with Crippen molar-refractivity contribution in [1.29, 1.82) is 0 Å². The molecule has 2 N–H and O–H groups in total. The van der Waals surface area contributed by atoms with Crippen LogP contribution in [-0.4, -0.2) is 59.3 Å². The fraction of sp³-hybridized carbons (Fsp3) is 0.875. The molecule has 2 aliphatic rings. The van der Waals surface area contributed by atoms with E-state index < -0.39 is 5.60 Å². The molecule has 6 nitrogen and oxygen atoms in total. The maximum Gasteiger partial charge on any atom is 0.410 e. The van der Waals surface area contributed by atoms with Crippen molar-refractivity contribution in [3.63, 3.8) is 0 Å². The van der Waals surface area contributed by atoms with Gasteiger partial charge >= 0.3 is 6.09 Å². The summed E-state index contributed by atoms with van der Waals surface area (Å²) in [5.74, 6) is 0.785. The molecule has 1 aliphatic carbocycles. The second-order valence-electron chi connectivity index (χ2n) is 7.35. The lowest BCUT2D eigenvalue weighted by atomic mass is 9.82. The first kappa shape index (κ1) is 17.1. The fourth-order valence-electron chi connectivity index (χ4n) is 3.03. The highest BCUT2D eigenvalue weighted by Gasteiger charge is 2.34. The zero-order chi connectivity index (χ0) is 16.2. The zero-order valence-corrected chi connectivity index (χ0v) is 14.0. The fourth-order valence-corrected chi connectivity index (χ4v) is 3.03. The largest absolute Gasteiger partial charge is 0.444 e. The Morgan fingerprint density at radius 2 is 2.05 bits per heavy atom. The Morgan fingerprint density at radius 3 is 2.64 bits per heavy atom. The van der Waals surface area contributed by atoms with Crippen molar-refractivity contribution in [3.8, 4) is 0 Å². The molecule has 0 radical (unpaired) electrons. The molecule has 0 spiro atoms. The van der Waals surface area contributed by atoms with Crippen LogP contribution in [0.1, 0.15) is 52.9 Å². The number of carbonyl (C=O) groups is 1. The van der Waals surface area contributed by atoms with Crippen LogP contribution in [0.5, 0.6) is 0 Å². The predicted octanol–water partition coefficient (Wildman–Crippen LogP) is 1.92. The molecule has 2 rings (SSSR count). The van der Waals surface area contributed by atoms with E-state index in [1.165, 1.54) is 6.42 Å². The number of aliphatic hydroxyl groups is 1. The first-order chi connectivity index (χ1) is 10.3. The molecule has 0 bridgehead atoms. The van der Waals surface area contributed by atoms with E-state index in [4.69, 9.17) is 4.74 Å². The molecule has 0 unspecified atom stereocenters. The smallest absolute Gasteiger partial charge is 0.410 e. The molecule has 0 saturated heterocycles. The van der Waals surface area contributed by atoms with Crippen molar-refractivity contribution in [3.05, 3.63) is 0 Å². The molecule has 6 heteroatoms. The maximum absolute atomic E-state index is 12.2. The molecular formula is C16H29N3O3. The Bertz CT molecular complexity index is 423. The number of nitrogens with zero attached hydrogens (tertiary/aromatic N) is 2. The van der Waals surface area contributed by atoms with E-state index in [9.17, 15) is 9.90 Å². The third-order valence-corrected chi connectivity index (χ3v) is 4.19. The van der Waals surface area contributed by atoms with Crippen molar-refractivity contribution in [2.45, 2.75) is 64.0 Å². The highest BCUT2D eigenvalue weighted by Crippen LogP contribution is 2.28. The van der Waals surface area contributed by atoms with Crippen LogP contribution < -0.4 is 5.32 Å². The van der Waals surface area contributed by atoms with Gasteiger partial charge in [0.2, 0.25) is 0 Å². The predicted molar refractivity (Wildman–Crippen MR) is 86.1 cm³/mol. The van der Waals surface area contributed by atoms with Crippen LogP contribution in [-0.2, 0) is 4.74 Å². The van der Waals surface area contributed by atoms with Gasteiger partial charge in [0.1, 0.15) is 11.4 Å². The quantitative estimate of drug-likeness (QED) is 0.817. The second kappa shape index (κ2) is 6.86. The van der Waals surface area contributed by atoms with Crippen molar-refractivity contribution < 1.29 is 14.6 Å². The van der Waals surface area contributed by atoms with E-state index in [1.54, 1.807) is 4.90 Å². The zero-order valence-electron chi connectivity index (χ0n) is 14.0. The number of amidine groups is 1. The highest BCUT2D eigenvalue weighted by molar-refractivity contribution is 5.88. The molecule has 22 heavy (non-hydrogen) atoms. The van der Waals surface area contributed by atoms with Crippen molar-refractivity contribution in [1.82, 2.24) is 10.2 Å². The Kier molecular flexibility index (Phi) is 5.32. The number of carbonyl (C=O) groups excluding carboxylic acids is 1. The number of nitrogens with one attached hydrogen (secondary N) is 1. The van der Waals surface area contributed by atoms with Crippen LogP contribution in [0.2, 0.25) is 0 Å². The standard InChI is InChI=1S/C16H29N3O3/c1-15(2,3)22-14(21)19-10-9-17-13(11-19)18-16(12-20)7-5-4-6-8-16/h20H,4-12H2,1-3H3,(H,17,18). The van der Waals surface area contributed by atoms with Gasteiger partial charge in [-0.1, -0.05) is 19.3 Å². The molecular weight excluding hydrogens is 282 g/mol. The Labute approximate surface area is 132 Å². The molecule has 0 aromatic rings. The summed E-state index contributed by atoms with van der Waals surface area (Å²) in [5, 5.41) is 13.2. The second-order valence-corrected chi connectivity index (χ2v) is 7.35. The normalized spacial score (nSPS) is 22.0. The summed E-state index contributed by atoms with van der Waals surface area (Å²) in [5.41, 5.74) is -0.761. The van der Waals surface area contributed by atoms with E-state index >= 15 is 0 Å². The molecule has 126 valence electrons. The summed E-state index contributed by atoms with van der Waals surface area (Å²) in [4.78, 5) is 18.3. The molecule has 1 fully saturated rings. The van der Waals surface area contributed by atoms with Crippen LogP contribution in [0.15, 0.2) is 4.99 Å². The van der Waals surface area contributed by atoms with Gasteiger partial charge in [-0.3, -0.25) is 9.89 Å². The van der Waals surface area contributed by atoms with Gasteiger partial charge < -0.3 is 15.2 Å². The van der Waals surface area contributed by atoms with Gasteiger partial charge in [-0.15, -0.1) is 0 Å². The summed E-state index contributed by atoms with van der Waals surface area (Å²) < 4.78 is 5.42. The summed E-state index contributed by atoms with van der Waals surface area (Å²) in [6.45, 7) is 7.28. The number of hydrogen-bond acceptors (Lipinski definition) is 5. The maximum atomic E-state index is 12.2. The molecule has 1 amide bonds. The first-order valence-electron chi connectivity index (χ1n) is 8.24. The monoisotopic (exact) mass is 311 g/mol. The SMILES string of the molecule is CC(C)(C)OC(=O)N1CCN=C(NC2(CO)CCCCC2)C1. The van der Waals surface area contributed by atoms with Crippen molar-refractivity contribution >= 4 is 11.9 Å². The number of rotatable bonds is 2. The summed E-state index contributed by atoms with van der Waals surface area (Å²) in [6, 6.07) is 0. The molecule has 1 aliphatic heterocycles. The van der Waals surface area contributed by atoms with Crippen LogP contribution >= 0.6 is 0 Å². The third-order valence-electron chi connectivity index (χ3n) is 4.19. The summed E-state index contributed by atoms with van der Waals surface area (Å²) in [7, 11) is 0. The topological polar surface area (TPSA) is 74.2 Å². The van der Waals surface area contributed by atoms with Crippen LogP contribution in [0, 0.1) is 0 Å². The number of hydrogen-bond donors (Lipinski definition) is 2. The van der Waals surface area contributed by atoms with Gasteiger partial charge in [-0.05, 0) is 33.6 Å². The Morgan fingerprint density at radius 1 is 1.36 bits per heavy atom. The van der Waals surface area contributed by atoms with Gasteiger partial charge in [-0.2, -0.15) is 0 Å².